The Bertz CT molecular complexity index is 1380. The predicted molar refractivity (Wildman–Crippen MR) is 138 cm³/mol. The number of hydrogen-bond acceptors (Lipinski definition) is 7. The van der Waals surface area contributed by atoms with Gasteiger partial charge in [-0.1, -0.05) is 18.2 Å². The molecule has 0 N–H and O–H groups in total. The van der Waals surface area contributed by atoms with E-state index in [0.29, 0.717) is 55.7 Å². The van der Waals surface area contributed by atoms with E-state index in [0.717, 1.165) is 32.8 Å². The molecule has 1 saturated heterocycles. The minimum atomic E-state index is -0.0672. The highest BCUT2D eigenvalue weighted by molar-refractivity contribution is 7.21. The summed E-state index contributed by atoms with van der Waals surface area (Å²) >= 11 is 1.64. The fourth-order valence-electron chi connectivity index (χ4n) is 4.59. The fourth-order valence-corrected chi connectivity index (χ4v) is 5.54. The van der Waals surface area contributed by atoms with Crippen molar-refractivity contribution in [2.24, 2.45) is 0 Å². The second-order valence-electron chi connectivity index (χ2n) is 8.86. The Morgan fingerprint density at radius 3 is 2.86 bits per heavy atom. The number of carbonyl (C=O) groups is 1. The molecule has 0 bridgehead atoms. The predicted octanol–water partition coefficient (Wildman–Crippen LogP) is 5.17. The van der Waals surface area contributed by atoms with Gasteiger partial charge in [0.15, 0.2) is 11.5 Å². The van der Waals surface area contributed by atoms with E-state index in [-0.39, 0.29) is 12.0 Å². The number of thiazole rings is 1. The Morgan fingerprint density at radius 2 is 2.03 bits per heavy atom. The van der Waals surface area contributed by atoms with E-state index in [9.17, 15) is 4.79 Å². The number of fused-ring (bicyclic) bond motifs is 2. The van der Waals surface area contributed by atoms with Crippen molar-refractivity contribution in [1.29, 1.82) is 0 Å². The molecule has 6 rings (SSSR count). The number of carbonyl (C=O) groups excluding carboxylic acids is 1. The lowest BCUT2D eigenvalue weighted by Gasteiger charge is -2.21. The standard InChI is InChI=1S/C28H26N2O5S/c1-32-21-6-4-5-18(14-21)28(31)30-10-12-34-26-20(16-30)13-19(15-24(26)35-22-9-11-33-17-22)27-29-23-7-2-3-8-25(23)36-27/h2-8,13-15,22H,9-12,16-17H2,1H3. The lowest BCUT2D eigenvalue weighted by molar-refractivity contribution is 0.0732. The molecule has 4 aromatic rings. The van der Waals surface area contributed by atoms with E-state index >= 15 is 0 Å². The SMILES string of the molecule is COc1cccc(C(=O)N2CCOc3c(cc(-c4nc5ccccc5s4)cc3OC3CCOC3)C2)c1. The number of rotatable bonds is 5. The van der Waals surface area contributed by atoms with Crippen molar-refractivity contribution in [3.8, 4) is 27.8 Å². The first-order valence-corrected chi connectivity index (χ1v) is 12.8. The van der Waals surface area contributed by atoms with Crippen molar-refractivity contribution in [3.05, 3.63) is 71.8 Å². The van der Waals surface area contributed by atoms with Crippen molar-refractivity contribution in [2.75, 3.05) is 33.5 Å². The first-order chi connectivity index (χ1) is 17.7. The van der Waals surface area contributed by atoms with Gasteiger partial charge in [-0.05, 0) is 42.5 Å². The highest BCUT2D eigenvalue weighted by Crippen LogP contribution is 2.41. The van der Waals surface area contributed by atoms with Crippen molar-refractivity contribution >= 4 is 27.5 Å². The molecule has 1 atom stereocenters. The first kappa shape index (κ1) is 22.8. The summed E-state index contributed by atoms with van der Waals surface area (Å²) in [6.45, 7) is 2.49. The number of benzene rings is 3. The summed E-state index contributed by atoms with van der Waals surface area (Å²) in [5.74, 6) is 1.95. The van der Waals surface area contributed by atoms with Crippen LogP contribution >= 0.6 is 11.3 Å². The molecule has 3 aromatic carbocycles. The van der Waals surface area contributed by atoms with Gasteiger partial charge in [0, 0.05) is 29.7 Å². The minimum Gasteiger partial charge on any atom is -0.497 e. The largest absolute Gasteiger partial charge is 0.497 e. The Kier molecular flexibility index (Phi) is 6.21. The van der Waals surface area contributed by atoms with Gasteiger partial charge in [0.1, 0.15) is 23.5 Å². The molecular formula is C28H26N2O5S. The third-order valence-electron chi connectivity index (χ3n) is 6.43. The van der Waals surface area contributed by atoms with Crippen LogP contribution in [0.3, 0.4) is 0 Å². The van der Waals surface area contributed by atoms with Crippen LogP contribution in [0.5, 0.6) is 17.2 Å². The maximum atomic E-state index is 13.4. The Balaban J connectivity index is 1.39. The van der Waals surface area contributed by atoms with Crippen LogP contribution in [0.25, 0.3) is 20.8 Å². The molecule has 0 aliphatic carbocycles. The molecule has 2 aliphatic rings. The fraction of sp³-hybridized carbons (Fsp3) is 0.286. The van der Waals surface area contributed by atoms with Crippen molar-refractivity contribution in [2.45, 2.75) is 19.1 Å². The molecule has 184 valence electrons. The number of hydrogen-bond donors (Lipinski definition) is 0. The summed E-state index contributed by atoms with van der Waals surface area (Å²) in [5.41, 5.74) is 3.39. The average Bonchev–Trinajstić information content (AvgIpc) is 3.53. The second kappa shape index (κ2) is 9.79. The van der Waals surface area contributed by atoms with Crippen molar-refractivity contribution in [3.63, 3.8) is 0 Å². The van der Waals surface area contributed by atoms with Gasteiger partial charge in [0.2, 0.25) is 0 Å². The zero-order valence-electron chi connectivity index (χ0n) is 19.9. The zero-order valence-corrected chi connectivity index (χ0v) is 20.8. The second-order valence-corrected chi connectivity index (χ2v) is 9.89. The topological polar surface area (TPSA) is 70.1 Å². The molecule has 2 aliphatic heterocycles. The monoisotopic (exact) mass is 502 g/mol. The van der Waals surface area contributed by atoms with Crippen molar-refractivity contribution in [1.82, 2.24) is 9.88 Å². The van der Waals surface area contributed by atoms with Crippen molar-refractivity contribution < 1.29 is 23.7 Å². The van der Waals surface area contributed by atoms with E-state index in [4.69, 9.17) is 23.9 Å². The van der Waals surface area contributed by atoms with Crippen LogP contribution in [0.4, 0.5) is 0 Å². The molecule has 0 spiro atoms. The Morgan fingerprint density at radius 1 is 1.11 bits per heavy atom. The minimum absolute atomic E-state index is 0.0268. The molecule has 8 heteroatoms. The number of ether oxygens (including phenoxy) is 4. The summed E-state index contributed by atoms with van der Waals surface area (Å²) in [6.07, 6.45) is 0.807. The summed E-state index contributed by atoms with van der Waals surface area (Å²) in [5, 5.41) is 0.904. The van der Waals surface area contributed by atoms with Crippen LogP contribution in [0.1, 0.15) is 22.3 Å². The number of aromatic nitrogens is 1. The summed E-state index contributed by atoms with van der Waals surface area (Å²) < 4.78 is 24.6. The highest BCUT2D eigenvalue weighted by Gasteiger charge is 2.27. The maximum Gasteiger partial charge on any atom is 0.254 e. The lowest BCUT2D eigenvalue weighted by Crippen LogP contribution is -2.32. The molecule has 1 fully saturated rings. The van der Waals surface area contributed by atoms with Gasteiger partial charge in [-0.2, -0.15) is 0 Å². The van der Waals surface area contributed by atoms with E-state index in [1.807, 2.05) is 47.4 Å². The molecule has 36 heavy (non-hydrogen) atoms. The van der Waals surface area contributed by atoms with Gasteiger partial charge >= 0.3 is 0 Å². The van der Waals surface area contributed by atoms with Gasteiger partial charge < -0.3 is 23.8 Å². The lowest BCUT2D eigenvalue weighted by atomic mass is 10.1. The Hall–Kier alpha value is -3.62. The van der Waals surface area contributed by atoms with Gasteiger partial charge in [-0.15, -0.1) is 11.3 Å². The number of methoxy groups -OCH3 is 1. The van der Waals surface area contributed by atoms with Crippen LogP contribution in [0, 0.1) is 0 Å². The molecule has 1 aromatic heterocycles. The molecule has 7 nitrogen and oxygen atoms in total. The third kappa shape index (κ3) is 4.50. The normalized spacial score (nSPS) is 17.4. The average molecular weight is 503 g/mol. The van der Waals surface area contributed by atoms with E-state index < -0.39 is 0 Å². The molecule has 1 unspecified atom stereocenters. The van der Waals surface area contributed by atoms with Crippen LogP contribution in [0.15, 0.2) is 60.7 Å². The van der Waals surface area contributed by atoms with Crippen LogP contribution in [-0.2, 0) is 11.3 Å². The maximum absolute atomic E-state index is 13.4. The third-order valence-corrected chi connectivity index (χ3v) is 7.51. The molecule has 0 saturated carbocycles. The van der Waals surface area contributed by atoms with E-state index in [2.05, 4.69) is 12.1 Å². The first-order valence-electron chi connectivity index (χ1n) is 12.0. The number of para-hydroxylation sites is 1. The highest BCUT2D eigenvalue weighted by atomic mass is 32.1. The zero-order chi connectivity index (χ0) is 24.5. The quantitative estimate of drug-likeness (QED) is 0.375. The van der Waals surface area contributed by atoms with E-state index in [1.165, 1.54) is 0 Å². The summed E-state index contributed by atoms with van der Waals surface area (Å²) in [6, 6.07) is 19.4. The molecule has 3 heterocycles. The van der Waals surface area contributed by atoms with Crippen LogP contribution in [0.2, 0.25) is 0 Å². The number of amides is 1. The summed E-state index contributed by atoms with van der Waals surface area (Å²) in [4.78, 5) is 20.1. The van der Waals surface area contributed by atoms with Gasteiger partial charge in [-0.3, -0.25) is 4.79 Å². The van der Waals surface area contributed by atoms with Gasteiger partial charge in [0.25, 0.3) is 5.91 Å². The smallest absolute Gasteiger partial charge is 0.254 e. The van der Waals surface area contributed by atoms with E-state index in [1.54, 1.807) is 24.5 Å². The Labute approximate surface area is 213 Å². The molecular weight excluding hydrogens is 476 g/mol. The van der Waals surface area contributed by atoms with Crippen LogP contribution < -0.4 is 14.2 Å². The number of nitrogens with zero attached hydrogens (tertiary/aromatic N) is 2. The summed E-state index contributed by atoms with van der Waals surface area (Å²) in [7, 11) is 1.60. The molecule has 0 radical (unpaired) electrons. The van der Waals surface area contributed by atoms with Gasteiger partial charge in [0.05, 0.1) is 37.1 Å². The molecule has 1 amide bonds. The van der Waals surface area contributed by atoms with Crippen LogP contribution in [-0.4, -0.2) is 55.4 Å². The van der Waals surface area contributed by atoms with Gasteiger partial charge in [-0.25, -0.2) is 4.98 Å².